The van der Waals surface area contributed by atoms with E-state index in [2.05, 4.69) is 15.1 Å². The molecule has 4 rings (SSSR count). The Morgan fingerprint density at radius 3 is 2.33 bits per heavy atom. The number of hydrogen-bond acceptors (Lipinski definition) is 5. The molecule has 0 radical (unpaired) electrons. The van der Waals surface area contributed by atoms with Gasteiger partial charge in [0, 0.05) is 38.4 Å². The summed E-state index contributed by atoms with van der Waals surface area (Å²) < 4.78 is 13.3. The van der Waals surface area contributed by atoms with Crippen molar-refractivity contribution in [2.75, 3.05) is 44.2 Å². The van der Waals surface area contributed by atoms with Crippen LogP contribution in [0, 0.1) is 5.82 Å². The first-order valence-corrected chi connectivity index (χ1v) is 11.4. The van der Waals surface area contributed by atoms with Crippen LogP contribution in [0.2, 0.25) is 10.0 Å². The van der Waals surface area contributed by atoms with Gasteiger partial charge in [0.05, 0.1) is 22.7 Å². The molecule has 2 aliphatic heterocycles. The number of amides is 3. The fourth-order valence-corrected chi connectivity index (χ4v) is 4.57. The molecule has 2 unspecified atom stereocenters. The fourth-order valence-electron chi connectivity index (χ4n) is 4.28. The molecule has 0 bridgehead atoms. The van der Waals surface area contributed by atoms with Crippen LogP contribution in [0.15, 0.2) is 42.5 Å². The molecule has 33 heavy (non-hydrogen) atoms. The second kappa shape index (κ2) is 9.46. The zero-order valence-electron chi connectivity index (χ0n) is 18.1. The summed E-state index contributed by atoms with van der Waals surface area (Å²) in [6.07, 6.45) is -0.896. The van der Waals surface area contributed by atoms with Crippen molar-refractivity contribution in [3.8, 4) is 0 Å². The Morgan fingerprint density at radius 1 is 1.03 bits per heavy atom. The van der Waals surface area contributed by atoms with Gasteiger partial charge in [0.1, 0.15) is 11.4 Å². The van der Waals surface area contributed by atoms with Crippen LogP contribution in [-0.4, -0.2) is 72.2 Å². The smallest absolute Gasteiger partial charge is 0.325 e. The third kappa shape index (κ3) is 4.94. The quantitative estimate of drug-likeness (QED) is 0.603. The maximum Gasteiger partial charge on any atom is 0.325 e. The van der Waals surface area contributed by atoms with Crippen molar-refractivity contribution in [2.45, 2.75) is 18.6 Å². The number of benzene rings is 2. The van der Waals surface area contributed by atoms with Crippen molar-refractivity contribution < 1.29 is 19.1 Å². The minimum atomic E-state index is -1.30. The van der Waals surface area contributed by atoms with E-state index >= 15 is 0 Å². The van der Waals surface area contributed by atoms with Gasteiger partial charge in [-0.3, -0.25) is 14.6 Å². The Morgan fingerprint density at radius 2 is 1.70 bits per heavy atom. The molecule has 2 heterocycles. The highest BCUT2D eigenvalue weighted by atomic mass is 35.5. The Balaban J connectivity index is 1.32. The summed E-state index contributed by atoms with van der Waals surface area (Å²) in [4.78, 5) is 30.8. The van der Waals surface area contributed by atoms with Crippen LogP contribution in [0.3, 0.4) is 0 Å². The Labute approximate surface area is 201 Å². The lowest BCUT2D eigenvalue weighted by Crippen LogP contribution is -2.50. The van der Waals surface area contributed by atoms with Gasteiger partial charge in [-0.2, -0.15) is 0 Å². The molecule has 2 aromatic rings. The number of aliphatic hydroxyl groups is 1. The number of aliphatic hydroxyl groups excluding tert-OH is 1. The molecule has 0 aromatic heterocycles. The lowest BCUT2D eigenvalue weighted by Gasteiger charge is -2.37. The Kier molecular flexibility index (Phi) is 6.81. The molecule has 2 aliphatic rings. The highest BCUT2D eigenvalue weighted by Gasteiger charge is 2.49. The highest BCUT2D eigenvalue weighted by Crippen LogP contribution is 2.30. The Bertz CT molecular complexity index is 1050. The van der Waals surface area contributed by atoms with E-state index in [1.807, 2.05) is 12.1 Å². The zero-order chi connectivity index (χ0) is 23.8. The third-order valence-electron chi connectivity index (χ3n) is 6.20. The molecule has 3 amide bonds. The SMILES string of the molecule is CC1(c2ccc(F)cc2)NC(=O)N(CC(O)CN2CCN(c3ccc(Cl)c(Cl)c3)CC2)C1=O. The molecule has 2 N–H and O–H groups in total. The maximum absolute atomic E-state index is 13.3. The number of imide groups is 1. The van der Waals surface area contributed by atoms with E-state index in [-0.39, 0.29) is 6.54 Å². The highest BCUT2D eigenvalue weighted by molar-refractivity contribution is 6.42. The monoisotopic (exact) mass is 494 g/mol. The molecule has 2 saturated heterocycles. The van der Waals surface area contributed by atoms with E-state index in [0.717, 1.165) is 23.7 Å². The molecule has 0 spiro atoms. The van der Waals surface area contributed by atoms with Crippen LogP contribution in [0.1, 0.15) is 12.5 Å². The number of halogens is 3. The number of anilines is 1. The van der Waals surface area contributed by atoms with Gasteiger partial charge in [-0.1, -0.05) is 35.3 Å². The number of urea groups is 1. The predicted molar refractivity (Wildman–Crippen MR) is 125 cm³/mol. The number of nitrogens with zero attached hydrogens (tertiary/aromatic N) is 3. The van der Waals surface area contributed by atoms with Crippen LogP contribution in [0.5, 0.6) is 0 Å². The standard InChI is InChI=1S/C23H25Cl2FN4O3/c1-23(15-2-4-16(26)5-3-15)21(32)30(22(33)27-23)14-18(31)13-28-8-10-29(11-9-28)17-6-7-19(24)20(25)12-17/h2-7,12,18,31H,8-11,13-14H2,1H3,(H,27,33). The number of piperazine rings is 1. The zero-order valence-corrected chi connectivity index (χ0v) is 19.6. The fraction of sp³-hybridized carbons (Fsp3) is 0.391. The van der Waals surface area contributed by atoms with Gasteiger partial charge < -0.3 is 15.3 Å². The van der Waals surface area contributed by atoms with Crippen LogP contribution in [-0.2, 0) is 10.3 Å². The van der Waals surface area contributed by atoms with Crippen LogP contribution < -0.4 is 10.2 Å². The summed E-state index contributed by atoms with van der Waals surface area (Å²) in [7, 11) is 0. The summed E-state index contributed by atoms with van der Waals surface area (Å²) in [5.74, 6) is -0.895. The molecule has 176 valence electrons. The number of rotatable bonds is 6. The minimum Gasteiger partial charge on any atom is -0.390 e. The number of carbonyl (C=O) groups excluding carboxylic acids is 2. The number of β-amino-alcohol motifs (C(OH)–C–C–N with tert-alkyl or cyclic N) is 1. The third-order valence-corrected chi connectivity index (χ3v) is 6.94. The van der Waals surface area contributed by atoms with E-state index in [1.165, 1.54) is 24.3 Å². The molecule has 2 fully saturated rings. The van der Waals surface area contributed by atoms with Gasteiger partial charge >= 0.3 is 6.03 Å². The first kappa shape index (κ1) is 23.8. The first-order chi connectivity index (χ1) is 15.7. The van der Waals surface area contributed by atoms with Gasteiger partial charge in [0.15, 0.2) is 0 Å². The lowest BCUT2D eigenvalue weighted by molar-refractivity contribution is -0.132. The second-order valence-corrected chi connectivity index (χ2v) is 9.33. The van der Waals surface area contributed by atoms with Crippen LogP contribution in [0.4, 0.5) is 14.9 Å². The summed E-state index contributed by atoms with van der Waals surface area (Å²) in [5, 5.41) is 14.3. The lowest BCUT2D eigenvalue weighted by atomic mass is 9.92. The Hall–Kier alpha value is -2.39. The predicted octanol–water partition coefficient (Wildman–Crippen LogP) is 3.08. The summed E-state index contributed by atoms with van der Waals surface area (Å²) in [6.45, 7) is 4.71. The van der Waals surface area contributed by atoms with E-state index in [9.17, 15) is 19.1 Å². The van der Waals surface area contributed by atoms with Gasteiger partial charge in [-0.05, 0) is 42.8 Å². The number of hydrogen-bond donors (Lipinski definition) is 2. The molecule has 0 aliphatic carbocycles. The van der Waals surface area contributed by atoms with Crippen molar-refractivity contribution in [2.24, 2.45) is 0 Å². The maximum atomic E-state index is 13.3. The second-order valence-electron chi connectivity index (χ2n) is 8.52. The van der Waals surface area contributed by atoms with Crippen molar-refractivity contribution in [1.29, 1.82) is 0 Å². The van der Waals surface area contributed by atoms with Crippen molar-refractivity contribution in [3.05, 3.63) is 63.9 Å². The first-order valence-electron chi connectivity index (χ1n) is 10.7. The topological polar surface area (TPSA) is 76.1 Å². The van der Waals surface area contributed by atoms with Gasteiger partial charge in [-0.15, -0.1) is 0 Å². The molecule has 10 heteroatoms. The number of carbonyl (C=O) groups is 2. The van der Waals surface area contributed by atoms with Crippen molar-refractivity contribution >= 4 is 40.8 Å². The van der Waals surface area contributed by atoms with Crippen LogP contribution >= 0.6 is 23.2 Å². The van der Waals surface area contributed by atoms with E-state index in [4.69, 9.17) is 23.2 Å². The van der Waals surface area contributed by atoms with Gasteiger partial charge in [0.2, 0.25) is 0 Å². The molecular weight excluding hydrogens is 470 g/mol. The summed E-state index contributed by atoms with van der Waals surface area (Å²) in [5.41, 5.74) is 0.178. The van der Waals surface area contributed by atoms with E-state index in [0.29, 0.717) is 35.2 Å². The van der Waals surface area contributed by atoms with Gasteiger partial charge in [0.25, 0.3) is 5.91 Å². The van der Waals surface area contributed by atoms with Crippen molar-refractivity contribution in [1.82, 2.24) is 15.1 Å². The molecule has 0 saturated carbocycles. The van der Waals surface area contributed by atoms with E-state index in [1.54, 1.807) is 13.0 Å². The molecule has 7 nitrogen and oxygen atoms in total. The number of nitrogens with one attached hydrogen (secondary N) is 1. The average Bonchev–Trinajstić information content (AvgIpc) is 3.00. The summed E-state index contributed by atoms with van der Waals surface area (Å²) >= 11 is 12.1. The van der Waals surface area contributed by atoms with Gasteiger partial charge in [-0.25, -0.2) is 9.18 Å². The average molecular weight is 495 g/mol. The molecule has 2 aromatic carbocycles. The van der Waals surface area contributed by atoms with Crippen molar-refractivity contribution in [3.63, 3.8) is 0 Å². The largest absolute Gasteiger partial charge is 0.390 e. The summed E-state index contributed by atoms with van der Waals surface area (Å²) in [6, 6.07) is 10.4. The molecular formula is C23H25Cl2FN4O3. The normalized spacial score (nSPS) is 22.6. The van der Waals surface area contributed by atoms with E-state index < -0.39 is 29.4 Å². The molecule has 2 atom stereocenters. The minimum absolute atomic E-state index is 0.117. The van der Waals surface area contributed by atoms with Crippen LogP contribution in [0.25, 0.3) is 0 Å².